The van der Waals surface area contributed by atoms with E-state index in [0.717, 1.165) is 28.1 Å². The molecule has 234 valence electrons. The van der Waals surface area contributed by atoms with E-state index in [9.17, 15) is 0 Å². The minimum atomic E-state index is -0.414. The van der Waals surface area contributed by atoms with Crippen molar-refractivity contribution < 1.29 is 0 Å². The van der Waals surface area contributed by atoms with E-state index in [2.05, 4.69) is 188 Å². The van der Waals surface area contributed by atoms with Crippen LogP contribution >= 0.6 is 11.8 Å². The Labute approximate surface area is 297 Å². The molecule has 7 aromatic carbocycles. The maximum atomic E-state index is 5.31. The van der Waals surface area contributed by atoms with Gasteiger partial charge in [0, 0.05) is 20.9 Å². The van der Waals surface area contributed by atoms with Crippen LogP contribution < -0.4 is 0 Å². The van der Waals surface area contributed by atoms with Gasteiger partial charge in [-0.25, -0.2) is 4.98 Å². The number of nitrogens with zero attached hydrogens (tertiary/aromatic N) is 1. The Morgan fingerprint density at radius 2 is 0.840 bits per heavy atom. The molecule has 0 saturated heterocycles. The number of rotatable bonds is 4. The predicted octanol–water partition coefficient (Wildman–Crippen LogP) is 12.6. The second-order valence-electron chi connectivity index (χ2n) is 13.1. The zero-order chi connectivity index (χ0) is 33.1. The lowest BCUT2D eigenvalue weighted by Gasteiger charge is -2.39. The lowest BCUT2D eigenvalue weighted by Crippen LogP contribution is -2.31. The van der Waals surface area contributed by atoms with Crippen molar-refractivity contribution in [3.8, 4) is 55.9 Å². The summed E-state index contributed by atoms with van der Waals surface area (Å²) in [6.07, 6.45) is 0. The van der Waals surface area contributed by atoms with Crippen LogP contribution in [0.2, 0.25) is 0 Å². The SMILES string of the molecule is c1ccc(-c2cccc(-c3cc(-c4cccc5c4-c4ccccc4C54c5ccccc5Sc5ccccc54)cc(-c4ccccc4)n3)c2)cc1. The first-order valence-corrected chi connectivity index (χ1v) is 17.9. The highest BCUT2D eigenvalue weighted by atomic mass is 32.2. The molecule has 0 saturated carbocycles. The largest absolute Gasteiger partial charge is 0.248 e. The Balaban J connectivity index is 1.25. The minimum Gasteiger partial charge on any atom is -0.248 e. The summed E-state index contributed by atoms with van der Waals surface area (Å²) in [6.45, 7) is 0. The van der Waals surface area contributed by atoms with E-state index in [1.807, 2.05) is 11.8 Å². The minimum absolute atomic E-state index is 0.414. The molecule has 1 nitrogen and oxygen atoms in total. The molecule has 1 aromatic heterocycles. The standard InChI is InChI=1S/C48H31NS/c1-3-15-32(16-4-1)34-19-13-20-35(29-34)44-31-36(30-43(49-44)33-17-5-2-6-18-33)37-22-14-26-42-47(37)38-21-7-8-23-39(38)48(42)40-24-9-11-27-45(40)50-46-28-12-10-25-41(46)48/h1-31H. The molecule has 1 aliphatic carbocycles. The van der Waals surface area contributed by atoms with E-state index < -0.39 is 5.41 Å². The number of hydrogen-bond donors (Lipinski definition) is 0. The highest BCUT2D eigenvalue weighted by Gasteiger charge is 2.50. The zero-order valence-electron chi connectivity index (χ0n) is 27.3. The second-order valence-corrected chi connectivity index (χ2v) is 14.1. The van der Waals surface area contributed by atoms with Gasteiger partial charge in [0.05, 0.1) is 16.8 Å². The van der Waals surface area contributed by atoms with E-state index in [1.54, 1.807) is 0 Å². The van der Waals surface area contributed by atoms with E-state index >= 15 is 0 Å². The topological polar surface area (TPSA) is 12.9 Å². The molecule has 2 heterocycles. The van der Waals surface area contributed by atoms with E-state index in [4.69, 9.17) is 4.98 Å². The summed E-state index contributed by atoms with van der Waals surface area (Å²) in [5.74, 6) is 0. The summed E-state index contributed by atoms with van der Waals surface area (Å²) in [5.41, 5.74) is 16.4. The summed E-state index contributed by atoms with van der Waals surface area (Å²) in [5, 5.41) is 0. The van der Waals surface area contributed by atoms with Crippen molar-refractivity contribution in [2.45, 2.75) is 15.2 Å². The van der Waals surface area contributed by atoms with Gasteiger partial charge < -0.3 is 0 Å². The number of pyridine rings is 1. The van der Waals surface area contributed by atoms with Gasteiger partial charge in [0.1, 0.15) is 0 Å². The summed E-state index contributed by atoms with van der Waals surface area (Å²) in [4.78, 5) is 7.94. The van der Waals surface area contributed by atoms with Crippen molar-refractivity contribution in [1.82, 2.24) is 4.98 Å². The van der Waals surface area contributed by atoms with Crippen LogP contribution in [-0.4, -0.2) is 4.98 Å². The molecule has 1 aliphatic heterocycles. The van der Waals surface area contributed by atoms with E-state index in [0.29, 0.717) is 0 Å². The van der Waals surface area contributed by atoms with Gasteiger partial charge in [0.2, 0.25) is 0 Å². The summed E-state index contributed by atoms with van der Waals surface area (Å²) >= 11 is 1.88. The fourth-order valence-corrected chi connectivity index (χ4v) is 9.42. The number of fused-ring (bicyclic) bond motifs is 9. The average molecular weight is 654 g/mol. The predicted molar refractivity (Wildman–Crippen MR) is 207 cm³/mol. The molecular weight excluding hydrogens is 623 g/mol. The van der Waals surface area contributed by atoms with Crippen LogP contribution in [0, 0.1) is 0 Å². The fraction of sp³-hybridized carbons (Fsp3) is 0.0208. The monoisotopic (exact) mass is 653 g/mol. The molecule has 2 heteroatoms. The lowest BCUT2D eigenvalue weighted by molar-refractivity contribution is 0.722. The highest BCUT2D eigenvalue weighted by molar-refractivity contribution is 7.99. The van der Waals surface area contributed by atoms with Gasteiger partial charge in [-0.05, 0) is 86.0 Å². The number of aromatic nitrogens is 1. The summed E-state index contributed by atoms with van der Waals surface area (Å²) in [6, 6.07) is 68.5. The van der Waals surface area contributed by atoms with Crippen LogP contribution in [0.3, 0.4) is 0 Å². The molecule has 0 radical (unpaired) electrons. The van der Waals surface area contributed by atoms with Gasteiger partial charge in [-0.2, -0.15) is 0 Å². The van der Waals surface area contributed by atoms with Gasteiger partial charge >= 0.3 is 0 Å². The maximum absolute atomic E-state index is 5.31. The average Bonchev–Trinajstić information content (AvgIpc) is 3.49. The van der Waals surface area contributed by atoms with Crippen LogP contribution in [0.1, 0.15) is 22.3 Å². The molecule has 0 atom stereocenters. The molecule has 2 aliphatic rings. The first-order chi connectivity index (χ1) is 24.8. The van der Waals surface area contributed by atoms with Crippen molar-refractivity contribution >= 4 is 11.8 Å². The van der Waals surface area contributed by atoms with E-state index in [-0.39, 0.29) is 0 Å². The number of benzene rings is 7. The number of hydrogen-bond acceptors (Lipinski definition) is 2. The van der Waals surface area contributed by atoms with Crippen LogP contribution in [0.5, 0.6) is 0 Å². The second kappa shape index (κ2) is 11.6. The summed E-state index contributed by atoms with van der Waals surface area (Å²) in [7, 11) is 0. The molecule has 10 rings (SSSR count). The normalized spacial score (nSPS) is 13.3. The molecule has 0 bridgehead atoms. The third-order valence-electron chi connectivity index (χ3n) is 10.3. The summed E-state index contributed by atoms with van der Waals surface area (Å²) < 4.78 is 0. The van der Waals surface area contributed by atoms with Crippen LogP contribution in [-0.2, 0) is 5.41 Å². The van der Waals surface area contributed by atoms with Crippen LogP contribution in [0.25, 0.3) is 55.9 Å². The van der Waals surface area contributed by atoms with Crippen molar-refractivity contribution in [3.63, 3.8) is 0 Å². The fourth-order valence-electron chi connectivity index (χ4n) is 8.22. The Morgan fingerprint density at radius 3 is 1.56 bits per heavy atom. The molecule has 0 unspecified atom stereocenters. The highest BCUT2D eigenvalue weighted by Crippen LogP contribution is 2.63. The molecule has 0 amide bonds. The van der Waals surface area contributed by atoms with Gasteiger partial charge in [-0.3, -0.25) is 0 Å². The maximum Gasteiger partial charge on any atom is 0.0735 e. The Morgan fingerprint density at radius 1 is 0.340 bits per heavy atom. The Kier molecular flexibility index (Phi) is 6.72. The van der Waals surface area contributed by atoms with Crippen molar-refractivity contribution in [2.24, 2.45) is 0 Å². The Hall–Kier alpha value is -5.96. The van der Waals surface area contributed by atoms with Crippen molar-refractivity contribution in [1.29, 1.82) is 0 Å². The van der Waals surface area contributed by atoms with E-state index in [1.165, 1.54) is 59.9 Å². The molecule has 50 heavy (non-hydrogen) atoms. The lowest BCUT2D eigenvalue weighted by atomic mass is 9.67. The zero-order valence-corrected chi connectivity index (χ0v) is 28.1. The molecule has 8 aromatic rings. The van der Waals surface area contributed by atoms with Crippen molar-refractivity contribution in [3.05, 3.63) is 210 Å². The third kappa shape index (κ3) is 4.39. The Bertz CT molecular complexity index is 2520. The van der Waals surface area contributed by atoms with Gasteiger partial charge in [0.15, 0.2) is 0 Å². The van der Waals surface area contributed by atoms with Gasteiger partial charge in [0.25, 0.3) is 0 Å². The van der Waals surface area contributed by atoms with Gasteiger partial charge in [-0.1, -0.05) is 169 Å². The van der Waals surface area contributed by atoms with Crippen LogP contribution in [0.4, 0.5) is 0 Å². The van der Waals surface area contributed by atoms with Gasteiger partial charge in [-0.15, -0.1) is 0 Å². The molecule has 0 N–H and O–H groups in total. The molecule has 1 spiro atoms. The van der Waals surface area contributed by atoms with Crippen LogP contribution in [0.15, 0.2) is 198 Å². The third-order valence-corrected chi connectivity index (χ3v) is 11.5. The quantitative estimate of drug-likeness (QED) is 0.187. The van der Waals surface area contributed by atoms with Crippen molar-refractivity contribution in [2.75, 3.05) is 0 Å². The first kappa shape index (κ1) is 29.0. The molecular formula is C48H31NS. The molecule has 0 fully saturated rings. The first-order valence-electron chi connectivity index (χ1n) is 17.1. The smallest absolute Gasteiger partial charge is 0.0735 e.